The number of ether oxygens (including phenoxy) is 2. The van der Waals surface area contributed by atoms with Gasteiger partial charge in [0.25, 0.3) is 0 Å². The molecule has 1 aliphatic heterocycles. The zero-order chi connectivity index (χ0) is 20.4. The van der Waals surface area contributed by atoms with E-state index in [0.717, 1.165) is 38.1 Å². The largest absolute Gasteiger partial charge is 0.449 e. The first-order valence-electron chi connectivity index (χ1n) is 10.7. The Balaban J connectivity index is 1.12. The molecular weight excluding hydrogens is 390 g/mol. The normalized spacial score (nSPS) is 25.1. The van der Waals surface area contributed by atoms with Crippen molar-refractivity contribution in [2.75, 3.05) is 32.6 Å². The van der Waals surface area contributed by atoms with Crippen LogP contribution in [-0.4, -0.2) is 52.0 Å². The van der Waals surface area contributed by atoms with Gasteiger partial charge < -0.3 is 14.4 Å². The van der Waals surface area contributed by atoms with Gasteiger partial charge in [-0.25, -0.2) is 13.2 Å². The van der Waals surface area contributed by atoms with E-state index >= 15 is 0 Å². The van der Waals surface area contributed by atoms with Crippen molar-refractivity contribution in [3.8, 4) is 0 Å². The van der Waals surface area contributed by atoms with Crippen molar-refractivity contribution in [3.63, 3.8) is 0 Å². The number of amides is 1. The molecule has 7 heteroatoms. The molecule has 4 rings (SSSR count). The van der Waals surface area contributed by atoms with E-state index in [4.69, 9.17) is 9.47 Å². The van der Waals surface area contributed by atoms with Gasteiger partial charge in [-0.1, -0.05) is 12.1 Å². The van der Waals surface area contributed by atoms with Gasteiger partial charge in [-0.15, -0.1) is 0 Å². The standard InChI is InChI=1S/C22H31NO5S/c1-29(25,26)20-6-4-16(5-7-20)13-27-15-19-12-21(19)18-8-10-23(11-9-18)22(24)28-14-17-2-3-17/h4-7,17-19,21H,2-3,8-15H2,1H3/t19-,21+/m0/s1. The summed E-state index contributed by atoms with van der Waals surface area (Å²) in [5.74, 6) is 2.63. The van der Waals surface area contributed by atoms with Gasteiger partial charge in [-0.2, -0.15) is 0 Å². The Labute approximate surface area is 173 Å². The van der Waals surface area contributed by atoms with Gasteiger partial charge in [0.15, 0.2) is 9.84 Å². The second kappa shape index (κ2) is 8.64. The summed E-state index contributed by atoms with van der Waals surface area (Å²) in [6, 6.07) is 6.91. The molecule has 29 heavy (non-hydrogen) atoms. The monoisotopic (exact) mass is 421 g/mol. The highest BCUT2D eigenvalue weighted by molar-refractivity contribution is 7.90. The fraction of sp³-hybridized carbons (Fsp3) is 0.682. The van der Waals surface area contributed by atoms with E-state index in [1.54, 1.807) is 12.1 Å². The maximum Gasteiger partial charge on any atom is 0.409 e. The van der Waals surface area contributed by atoms with Gasteiger partial charge in [-0.05, 0) is 73.5 Å². The summed E-state index contributed by atoms with van der Waals surface area (Å²) >= 11 is 0. The number of piperidine rings is 1. The fourth-order valence-corrected chi connectivity index (χ4v) is 4.91. The Morgan fingerprint density at radius 2 is 1.76 bits per heavy atom. The van der Waals surface area contributed by atoms with Crippen LogP contribution in [0.15, 0.2) is 29.2 Å². The molecular formula is C22H31NO5S. The quantitative estimate of drug-likeness (QED) is 0.642. The minimum Gasteiger partial charge on any atom is -0.449 e. The van der Waals surface area contributed by atoms with Crippen LogP contribution in [-0.2, 0) is 25.9 Å². The maximum atomic E-state index is 12.1. The molecule has 160 valence electrons. The second-order valence-corrected chi connectivity index (χ2v) is 11.0. The Bertz CT molecular complexity index is 810. The molecule has 0 aromatic heterocycles. The van der Waals surface area contributed by atoms with E-state index in [-0.39, 0.29) is 6.09 Å². The predicted octanol–water partition coefficient (Wildman–Crippen LogP) is 3.50. The van der Waals surface area contributed by atoms with Crippen molar-refractivity contribution in [1.82, 2.24) is 4.90 Å². The maximum absolute atomic E-state index is 12.1. The van der Waals surface area contributed by atoms with E-state index in [1.807, 2.05) is 17.0 Å². The second-order valence-electron chi connectivity index (χ2n) is 8.94. The number of sulfone groups is 1. The van der Waals surface area contributed by atoms with Crippen LogP contribution < -0.4 is 0 Å². The number of carbonyl (C=O) groups is 1. The molecule has 0 N–H and O–H groups in total. The highest BCUT2D eigenvalue weighted by Gasteiger charge is 2.44. The molecule has 3 aliphatic rings. The van der Waals surface area contributed by atoms with Crippen molar-refractivity contribution in [3.05, 3.63) is 29.8 Å². The van der Waals surface area contributed by atoms with Crippen LogP contribution in [0.1, 0.15) is 37.7 Å². The molecule has 1 saturated heterocycles. The van der Waals surface area contributed by atoms with Crippen molar-refractivity contribution in [1.29, 1.82) is 0 Å². The number of likely N-dealkylation sites (tertiary alicyclic amines) is 1. The topological polar surface area (TPSA) is 72.9 Å². The van der Waals surface area contributed by atoms with Crippen molar-refractivity contribution in [2.45, 2.75) is 43.6 Å². The summed E-state index contributed by atoms with van der Waals surface area (Å²) in [5.41, 5.74) is 0.993. The zero-order valence-corrected chi connectivity index (χ0v) is 17.9. The zero-order valence-electron chi connectivity index (χ0n) is 17.1. The van der Waals surface area contributed by atoms with Gasteiger partial charge in [0.2, 0.25) is 0 Å². The first-order valence-corrected chi connectivity index (χ1v) is 12.6. The first kappa shape index (κ1) is 20.7. The molecule has 2 aliphatic carbocycles. The summed E-state index contributed by atoms with van der Waals surface area (Å²) in [6.07, 6.45) is 6.82. The van der Waals surface area contributed by atoms with E-state index in [9.17, 15) is 13.2 Å². The van der Waals surface area contributed by atoms with Crippen LogP contribution in [0.4, 0.5) is 4.79 Å². The van der Waals surface area contributed by atoms with Crippen molar-refractivity contribution in [2.24, 2.45) is 23.7 Å². The van der Waals surface area contributed by atoms with Gasteiger partial charge in [0.05, 0.1) is 24.7 Å². The Morgan fingerprint density at radius 1 is 1.07 bits per heavy atom. The molecule has 0 bridgehead atoms. The summed E-state index contributed by atoms with van der Waals surface area (Å²) in [7, 11) is -3.15. The summed E-state index contributed by atoms with van der Waals surface area (Å²) < 4.78 is 34.3. The van der Waals surface area contributed by atoms with Crippen molar-refractivity contribution < 1.29 is 22.7 Å². The van der Waals surface area contributed by atoms with E-state index in [0.29, 0.717) is 41.8 Å². The Morgan fingerprint density at radius 3 is 2.38 bits per heavy atom. The van der Waals surface area contributed by atoms with E-state index < -0.39 is 9.84 Å². The number of hydrogen-bond donors (Lipinski definition) is 0. The fourth-order valence-electron chi connectivity index (χ4n) is 4.28. The Kier molecular flexibility index (Phi) is 6.16. The van der Waals surface area contributed by atoms with Crippen molar-refractivity contribution >= 4 is 15.9 Å². The SMILES string of the molecule is CS(=O)(=O)c1ccc(COC[C@@H]2C[C@@H]2C2CCN(C(=O)OCC3CC3)CC2)cc1. The average Bonchev–Trinajstić information content (AvgIpc) is 3.62. The van der Waals surface area contributed by atoms with Crippen LogP contribution >= 0.6 is 0 Å². The number of nitrogens with zero attached hydrogens (tertiary/aromatic N) is 1. The number of hydrogen-bond acceptors (Lipinski definition) is 5. The lowest BCUT2D eigenvalue weighted by Gasteiger charge is -2.31. The summed E-state index contributed by atoms with van der Waals surface area (Å²) in [5, 5.41) is 0. The predicted molar refractivity (Wildman–Crippen MR) is 109 cm³/mol. The molecule has 0 radical (unpaired) electrons. The minimum absolute atomic E-state index is 0.132. The van der Waals surface area contributed by atoms with Crippen LogP contribution in [0.5, 0.6) is 0 Å². The van der Waals surface area contributed by atoms with E-state index in [1.165, 1.54) is 25.5 Å². The van der Waals surface area contributed by atoms with Gasteiger partial charge >= 0.3 is 6.09 Å². The number of carbonyl (C=O) groups excluding carboxylic acids is 1. The highest BCUT2D eigenvalue weighted by atomic mass is 32.2. The van der Waals surface area contributed by atoms with Gasteiger partial charge in [0, 0.05) is 19.3 Å². The van der Waals surface area contributed by atoms with Crippen LogP contribution in [0.3, 0.4) is 0 Å². The molecule has 0 unspecified atom stereocenters. The Hall–Kier alpha value is -1.60. The first-order chi connectivity index (χ1) is 13.9. The van der Waals surface area contributed by atoms with Gasteiger partial charge in [-0.3, -0.25) is 0 Å². The molecule has 0 spiro atoms. The summed E-state index contributed by atoms with van der Waals surface area (Å²) in [4.78, 5) is 14.3. The molecule has 6 nitrogen and oxygen atoms in total. The number of rotatable bonds is 8. The average molecular weight is 422 g/mol. The lowest BCUT2D eigenvalue weighted by atomic mass is 9.91. The summed E-state index contributed by atoms with van der Waals surface area (Å²) in [6.45, 7) is 3.48. The molecule has 3 fully saturated rings. The van der Waals surface area contributed by atoms with Crippen LogP contribution in [0.25, 0.3) is 0 Å². The molecule has 1 aromatic carbocycles. The molecule has 1 heterocycles. The highest BCUT2D eigenvalue weighted by Crippen LogP contribution is 2.48. The van der Waals surface area contributed by atoms with Crippen LogP contribution in [0.2, 0.25) is 0 Å². The third-order valence-electron chi connectivity index (χ3n) is 6.47. The van der Waals surface area contributed by atoms with Crippen LogP contribution in [0, 0.1) is 23.7 Å². The molecule has 1 aromatic rings. The van der Waals surface area contributed by atoms with Gasteiger partial charge in [0.1, 0.15) is 0 Å². The third kappa shape index (κ3) is 5.72. The third-order valence-corrected chi connectivity index (χ3v) is 7.60. The lowest BCUT2D eigenvalue weighted by molar-refractivity contribution is 0.0775. The molecule has 1 amide bonds. The minimum atomic E-state index is -3.15. The van der Waals surface area contributed by atoms with E-state index in [2.05, 4.69) is 0 Å². The number of benzene rings is 1. The molecule has 2 saturated carbocycles. The molecule has 2 atom stereocenters. The smallest absolute Gasteiger partial charge is 0.409 e. The lowest BCUT2D eigenvalue weighted by Crippen LogP contribution is -2.39.